The summed E-state index contributed by atoms with van der Waals surface area (Å²) in [5, 5.41) is 10.1. The number of anilines is 2. The van der Waals surface area contributed by atoms with Gasteiger partial charge in [0.1, 0.15) is 5.69 Å². The van der Waals surface area contributed by atoms with Crippen LogP contribution in [0.15, 0.2) is 48.5 Å². The van der Waals surface area contributed by atoms with E-state index < -0.39 is 0 Å². The number of carbonyl (C=O) groups is 2. The van der Waals surface area contributed by atoms with Gasteiger partial charge in [0.05, 0.1) is 5.69 Å². The Hall–Kier alpha value is -3.41. The monoisotopic (exact) mass is 374 g/mol. The summed E-state index contributed by atoms with van der Waals surface area (Å²) < 4.78 is 0. The Morgan fingerprint density at radius 3 is 2.64 bits per heavy atom. The zero-order chi connectivity index (χ0) is 19.8. The molecule has 0 radical (unpaired) electrons. The molecular weight excluding hydrogens is 352 g/mol. The van der Waals surface area contributed by atoms with Gasteiger partial charge in [-0.15, -0.1) is 0 Å². The zero-order valence-corrected chi connectivity index (χ0v) is 16.1. The van der Waals surface area contributed by atoms with Gasteiger partial charge in [0, 0.05) is 35.5 Å². The number of aromatic nitrogens is 2. The summed E-state index contributed by atoms with van der Waals surface area (Å²) in [6.45, 7) is 5.49. The highest BCUT2D eigenvalue weighted by molar-refractivity contribution is 6.05. The number of fused-ring (bicyclic) bond motifs is 1. The van der Waals surface area contributed by atoms with Crippen LogP contribution in [0.3, 0.4) is 0 Å². The third-order valence-corrected chi connectivity index (χ3v) is 5.18. The lowest BCUT2D eigenvalue weighted by Crippen LogP contribution is -2.33. The molecule has 0 saturated carbocycles. The molecule has 2 aromatic carbocycles. The summed E-state index contributed by atoms with van der Waals surface area (Å²) in [7, 11) is 0. The van der Waals surface area contributed by atoms with E-state index in [9.17, 15) is 9.59 Å². The fraction of sp³-hybridized carbons (Fsp3) is 0.227. The van der Waals surface area contributed by atoms with Crippen LogP contribution in [0.25, 0.3) is 11.3 Å². The lowest BCUT2D eigenvalue weighted by atomic mass is 10.1. The molecule has 1 aromatic heterocycles. The van der Waals surface area contributed by atoms with E-state index in [4.69, 9.17) is 0 Å². The third-order valence-electron chi connectivity index (χ3n) is 5.18. The largest absolute Gasteiger partial charge is 0.321 e. The summed E-state index contributed by atoms with van der Waals surface area (Å²) in [5.41, 5.74) is 5.67. The predicted molar refractivity (Wildman–Crippen MR) is 109 cm³/mol. The summed E-state index contributed by atoms with van der Waals surface area (Å²) in [4.78, 5) is 26.4. The SMILES string of the molecule is CC(=O)N1c2ccc(NC(=O)c3[nH]nc(-c4ccccc4)c3C)cc2C[C@@H]1C. The fourth-order valence-corrected chi connectivity index (χ4v) is 3.88. The van der Waals surface area contributed by atoms with E-state index in [1.54, 1.807) is 11.8 Å². The van der Waals surface area contributed by atoms with Crippen molar-refractivity contribution in [3.05, 3.63) is 65.4 Å². The number of carbonyl (C=O) groups excluding carboxylic acids is 2. The maximum Gasteiger partial charge on any atom is 0.273 e. The highest BCUT2D eigenvalue weighted by Crippen LogP contribution is 2.34. The highest BCUT2D eigenvalue weighted by Gasteiger charge is 2.29. The average Bonchev–Trinajstić information content (AvgIpc) is 3.21. The number of hydrogen-bond donors (Lipinski definition) is 2. The van der Waals surface area contributed by atoms with Gasteiger partial charge in [-0.05, 0) is 44.0 Å². The number of nitrogens with zero attached hydrogens (tertiary/aromatic N) is 2. The molecule has 0 aliphatic carbocycles. The normalized spacial score (nSPS) is 15.4. The number of rotatable bonds is 3. The van der Waals surface area contributed by atoms with E-state index in [0.29, 0.717) is 11.4 Å². The minimum atomic E-state index is -0.235. The van der Waals surface area contributed by atoms with E-state index in [2.05, 4.69) is 15.5 Å². The molecule has 3 aromatic rings. The molecule has 6 heteroatoms. The number of benzene rings is 2. The van der Waals surface area contributed by atoms with Gasteiger partial charge in [-0.25, -0.2) is 0 Å². The molecule has 2 amide bonds. The Balaban J connectivity index is 1.57. The first-order valence-corrected chi connectivity index (χ1v) is 9.30. The van der Waals surface area contributed by atoms with Crippen molar-refractivity contribution >= 4 is 23.2 Å². The van der Waals surface area contributed by atoms with Crippen molar-refractivity contribution in [3.8, 4) is 11.3 Å². The second kappa shape index (κ2) is 6.96. The van der Waals surface area contributed by atoms with Gasteiger partial charge in [-0.2, -0.15) is 5.10 Å². The molecule has 0 spiro atoms. The molecule has 1 aliphatic rings. The Morgan fingerprint density at radius 1 is 1.18 bits per heavy atom. The summed E-state index contributed by atoms with van der Waals surface area (Å²) in [5.74, 6) is -0.203. The standard InChI is InChI=1S/C22H22N4O2/c1-13-11-17-12-18(9-10-19(17)26(13)15(3)27)23-22(28)21-14(2)20(24-25-21)16-7-5-4-6-8-16/h4-10,12-13H,11H2,1-3H3,(H,23,28)(H,24,25)/t13-/m0/s1. The molecule has 0 fully saturated rings. The summed E-state index contributed by atoms with van der Waals surface area (Å²) >= 11 is 0. The van der Waals surface area contributed by atoms with Crippen LogP contribution in [0, 0.1) is 6.92 Å². The van der Waals surface area contributed by atoms with Crippen LogP contribution in [0.4, 0.5) is 11.4 Å². The topological polar surface area (TPSA) is 78.1 Å². The zero-order valence-electron chi connectivity index (χ0n) is 16.1. The third kappa shape index (κ3) is 3.07. The Labute approximate surface area is 163 Å². The number of nitrogens with one attached hydrogen (secondary N) is 2. The molecule has 1 aliphatic heterocycles. The quantitative estimate of drug-likeness (QED) is 0.729. The molecular formula is C22H22N4O2. The smallest absolute Gasteiger partial charge is 0.273 e. The first-order valence-electron chi connectivity index (χ1n) is 9.30. The first kappa shape index (κ1) is 18.0. The molecule has 2 N–H and O–H groups in total. The van der Waals surface area contributed by atoms with Gasteiger partial charge in [0.25, 0.3) is 5.91 Å². The number of aromatic amines is 1. The second-order valence-electron chi connectivity index (χ2n) is 7.18. The minimum absolute atomic E-state index is 0.0320. The van der Waals surface area contributed by atoms with Crippen molar-refractivity contribution in [2.24, 2.45) is 0 Å². The molecule has 1 atom stereocenters. The van der Waals surface area contributed by atoms with Crippen molar-refractivity contribution in [1.29, 1.82) is 0 Å². The number of hydrogen-bond acceptors (Lipinski definition) is 3. The van der Waals surface area contributed by atoms with Crippen molar-refractivity contribution < 1.29 is 9.59 Å². The first-order chi connectivity index (χ1) is 13.5. The van der Waals surface area contributed by atoms with Crippen LogP contribution in [-0.4, -0.2) is 28.1 Å². The Kier molecular flexibility index (Phi) is 4.47. The van der Waals surface area contributed by atoms with Gasteiger partial charge in [-0.1, -0.05) is 30.3 Å². The Morgan fingerprint density at radius 2 is 1.93 bits per heavy atom. The van der Waals surface area contributed by atoms with E-state index in [1.165, 1.54) is 0 Å². The maximum atomic E-state index is 12.8. The van der Waals surface area contributed by atoms with Crippen molar-refractivity contribution in [1.82, 2.24) is 10.2 Å². The molecule has 142 valence electrons. The van der Waals surface area contributed by atoms with E-state index >= 15 is 0 Å². The van der Waals surface area contributed by atoms with E-state index in [0.717, 1.165) is 34.5 Å². The van der Waals surface area contributed by atoms with Crippen molar-refractivity contribution in [3.63, 3.8) is 0 Å². The van der Waals surface area contributed by atoms with Gasteiger partial charge >= 0.3 is 0 Å². The predicted octanol–water partition coefficient (Wildman–Crippen LogP) is 3.93. The molecule has 2 heterocycles. The van der Waals surface area contributed by atoms with E-state index in [-0.39, 0.29) is 17.9 Å². The van der Waals surface area contributed by atoms with Crippen molar-refractivity contribution in [2.45, 2.75) is 33.2 Å². The van der Waals surface area contributed by atoms with Gasteiger partial charge in [-0.3, -0.25) is 14.7 Å². The number of H-pyrrole nitrogens is 1. The molecule has 4 rings (SSSR count). The molecule has 28 heavy (non-hydrogen) atoms. The van der Waals surface area contributed by atoms with E-state index in [1.807, 2.05) is 62.4 Å². The summed E-state index contributed by atoms with van der Waals surface area (Å²) in [6, 6.07) is 15.6. The van der Waals surface area contributed by atoms with Gasteiger partial charge in [0.15, 0.2) is 0 Å². The van der Waals surface area contributed by atoms with Crippen LogP contribution in [0.5, 0.6) is 0 Å². The molecule has 0 bridgehead atoms. The van der Waals surface area contributed by atoms with Crippen LogP contribution in [0.1, 0.15) is 35.5 Å². The fourth-order valence-electron chi connectivity index (χ4n) is 3.88. The average molecular weight is 374 g/mol. The van der Waals surface area contributed by atoms with Gasteiger partial charge in [0.2, 0.25) is 5.91 Å². The molecule has 0 unspecified atom stereocenters. The van der Waals surface area contributed by atoms with Crippen LogP contribution in [-0.2, 0) is 11.2 Å². The number of amides is 2. The lowest BCUT2D eigenvalue weighted by Gasteiger charge is -2.20. The van der Waals surface area contributed by atoms with Crippen LogP contribution >= 0.6 is 0 Å². The van der Waals surface area contributed by atoms with Gasteiger partial charge < -0.3 is 10.2 Å². The molecule has 0 saturated heterocycles. The minimum Gasteiger partial charge on any atom is -0.321 e. The Bertz CT molecular complexity index is 1060. The molecule has 6 nitrogen and oxygen atoms in total. The van der Waals surface area contributed by atoms with Crippen LogP contribution < -0.4 is 10.2 Å². The lowest BCUT2D eigenvalue weighted by molar-refractivity contribution is -0.116. The highest BCUT2D eigenvalue weighted by atomic mass is 16.2. The maximum absolute atomic E-state index is 12.8. The van der Waals surface area contributed by atoms with Crippen molar-refractivity contribution in [2.75, 3.05) is 10.2 Å². The summed E-state index contributed by atoms with van der Waals surface area (Å²) in [6.07, 6.45) is 0.778. The second-order valence-corrected chi connectivity index (χ2v) is 7.18. The van der Waals surface area contributed by atoms with Crippen LogP contribution in [0.2, 0.25) is 0 Å².